The Bertz CT molecular complexity index is 453. The molecule has 2 unspecified atom stereocenters. The number of hydrogen-bond donors (Lipinski definition) is 2. The average molecular weight is 242 g/mol. The summed E-state index contributed by atoms with van der Waals surface area (Å²) in [6.07, 6.45) is -0.00611. The lowest BCUT2D eigenvalue weighted by molar-refractivity contribution is 0.139. The average Bonchev–Trinajstić information content (AvgIpc) is 2.46. The standard InChI is InChI=1S/C16H18O2/c17-12-15(13-7-3-1-4-8-13)11-16(18)14-9-5-2-6-10-14/h1-10,15-18H,11-12H2. The molecule has 0 saturated carbocycles. The summed E-state index contributed by atoms with van der Waals surface area (Å²) in [6, 6.07) is 19.4. The van der Waals surface area contributed by atoms with E-state index in [1.165, 1.54) is 0 Å². The van der Waals surface area contributed by atoms with Crippen molar-refractivity contribution in [2.75, 3.05) is 6.61 Å². The number of benzene rings is 2. The largest absolute Gasteiger partial charge is 0.396 e. The van der Waals surface area contributed by atoms with E-state index in [-0.39, 0.29) is 12.5 Å². The minimum Gasteiger partial charge on any atom is -0.396 e. The minimum absolute atomic E-state index is 0.0265. The second-order valence-electron chi connectivity index (χ2n) is 4.45. The zero-order valence-electron chi connectivity index (χ0n) is 10.2. The Morgan fingerprint density at radius 3 is 1.78 bits per heavy atom. The molecule has 0 heterocycles. The lowest BCUT2D eigenvalue weighted by atomic mass is 9.91. The van der Waals surface area contributed by atoms with E-state index < -0.39 is 6.10 Å². The highest BCUT2D eigenvalue weighted by Gasteiger charge is 2.16. The van der Waals surface area contributed by atoms with Gasteiger partial charge in [0, 0.05) is 5.92 Å². The van der Waals surface area contributed by atoms with Crippen molar-refractivity contribution in [3.05, 3.63) is 71.8 Å². The van der Waals surface area contributed by atoms with Gasteiger partial charge in [-0.25, -0.2) is 0 Å². The summed E-state index contributed by atoms with van der Waals surface area (Å²) in [5.74, 6) is -0.0265. The van der Waals surface area contributed by atoms with Gasteiger partial charge in [0.15, 0.2) is 0 Å². The first-order valence-electron chi connectivity index (χ1n) is 6.20. The van der Waals surface area contributed by atoms with Crippen molar-refractivity contribution in [2.24, 2.45) is 0 Å². The third kappa shape index (κ3) is 3.19. The maximum Gasteiger partial charge on any atom is 0.0796 e. The van der Waals surface area contributed by atoms with E-state index in [1.54, 1.807) is 0 Å². The van der Waals surface area contributed by atoms with Crippen molar-refractivity contribution in [3.63, 3.8) is 0 Å². The van der Waals surface area contributed by atoms with Gasteiger partial charge in [-0.15, -0.1) is 0 Å². The molecule has 0 fully saturated rings. The molecule has 2 aromatic rings. The summed E-state index contributed by atoms with van der Waals surface area (Å²) in [4.78, 5) is 0. The summed E-state index contributed by atoms with van der Waals surface area (Å²) in [6.45, 7) is 0.0495. The van der Waals surface area contributed by atoms with Crippen LogP contribution in [0.25, 0.3) is 0 Å². The Hall–Kier alpha value is -1.64. The predicted octanol–water partition coefficient (Wildman–Crippen LogP) is 2.89. The summed E-state index contributed by atoms with van der Waals surface area (Å²) in [5, 5.41) is 19.6. The molecule has 0 radical (unpaired) electrons. The van der Waals surface area contributed by atoms with Gasteiger partial charge in [-0.3, -0.25) is 0 Å². The molecular formula is C16H18O2. The van der Waals surface area contributed by atoms with Crippen molar-refractivity contribution in [2.45, 2.75) is 18.4 Å². The first-order chi connectivity index (χ1) is 8.81. The molecule has 2 nitrogen and oxygen atoms in total. The highest BCUT2D eigenvalue weighted by atomic mass is 16.3. The summed E-state index contributed by atoms with van der Waals surface area (Å²) in [5.41, 5.74) is 1.96. The van der Waals surface area contributed by atoms with Gasteiger partial charge >= 0.3 is 0 Å². The molecule has 0 aliphatic heterocycles. The van der Waals surface area contributed by atoms with Gasteiger partial charge in [0.1, 0.15) is 0 Å². The minimum atomic E-state index is -0.538. The number of rotatable bonds is 5. The zero-order valence-corrected chi connectivity index (χ0v) is 10.2. The molecule has 94 valence electrons. The first kappa shape index (κ1) is 12.8. The van der Waals surface area contributed by atoms with E-state index in [0.717, 1.165) is 11.1 Å². The van der Waals surface area contributed by atoms with Crippen molar-refractivity contribution in [1.29, 1.82) is 0 Å². The molecule has 2 rings (SSSR count). The fraction of sp³-hybridized carbons (Fsp3) is 0.250. The van der Waals surface area contributed by atoms with Crippen LogP contribution in [0.2, 0.25) is 0 Å². The molecule has 0 aliphatic rings. The van der Waals surface area contributed by atoms with Gasteiger partial charge in [-0.1, -0.05) is 60.7 Å². The number of hydrogen-bond acceptors (Lipinski definition) is 2. The number of aliphatic hydroxyl groups is 2. The molecular weight excluding hydrogens is 224 g/mol. The van der Waals surface area contributed by atoms with E-state index in [1.807, 2.05) is 60.7 Å². The lowest BCUT2D eigenvalue weighted by Gasteiger charge is -2.19. The van der Waals surface area contributed by atoms with Gasteiger partial charge in [-0.05, 0) is 17.5 Å². The highest BCUT2D eigenvalue weighted by molar-refractivity contribution is 5.22. The Morgan fingerprint density at radius 1 is 0.778 bits per heavy atom. The van der Waals surface area contributed by atoms with Crippen LogP contribution in [0, 0.1) is 0 Å². The molecule has 2 atom stereocenters. The van der Waals surface area contributed by atoms with Crippen molar-refractivity contribution in [1.82, 2.24) is 0 Å². The van der Waals surface area contributed by atoms with Gasteiger partial charge in [-0.2, -0.15) is 0 Å². The van der Waals surface area contributed by atoms with E-state index in [9.17, 15) is 10.2 Å². The molecule has 0 spiro atoms. The van der Waals surface area contributed by atoms with Crippen LogP contribution in [0.15, 0.2) is 60.7 Å². The fourth-order valence-corrected chi connectivity index (χ4v) is 2.12. The molecule has 2 N–H and O–H groups in total. The maximum atomic E-state index is 10.2. The van der Waals surface area contributed by atoms with Crippen LogP contribution in [0.4, 0.5) is 0 Å². The van der Waals surface area contributed by atoms with E-state index >= 15 is 0 Å². The van der Waals surface area contributed by atoms with E-state index in [2.05, 4.69) is 0 Å². The molecule has 2 heteroatoms. The molecule has 0 amide bonds. The summed E-state index contributed by atoms with van der Waals surface area (Å²) in [7, 11) is 0. The van der Waals surface area contributed by atoms with Crippen LogP contribution in [0.5, 0.6) is 0 Å². The Kier molecular flexibility index (Phi) is 4.51. The second-order valence-corrected chi connectivity index (χ2v) is 4.45. The van der Waals surface area contributed by atoms with Gasteiger partial charge < -0.3 is 10.2 Å². The Balaban J connectivity index is 2.07. The Labute approximate surface area is 108 Å². The van der Waals surface area contributed by atoms with Crippen molar-refractivity contribution < 1.29 is 10.2 Å². The monoisotopic (exact) mass is 242 g/mol. The molecule has 0 bridgehead atoms. The van der Waals surface area contributed by atoms with Crippen LogP contribution in [-0.4, -0.2) is 16.8 Å². The molecule has 18 heavy (non-hydrogen) atoms. The van der Waals surface area contributed by atoms with Crippen molar-refractivity contribution >= 4 is 0 Å². The van der Waals surface area contributed by atoms with Crippen LogP contribution in [-0.2, 0) is 0 Å². The quantitative estimate of drug-likeness (QED) is 0.846. The van der Waals surface area contributed by atoms with Crippen LogP contribution in [0.1, 0.15) is 29.6 Å². The molecule has 0 aromatic heterocycles. The van der Waals surface area contributed by atoms with Gasteiger partial charge in [0.25, 0.3) is 0 Å². The van der Waals surface area contributed by atoms with Gasteiger partial charge in [0.2, 0.25) is 0 Å². The first-order valence-corrected chi connectivity index (χ1v) is 6.20. The second kappa shape index (κ2) is 6.34. The molecule has 0 aliphatic carbocycles. The predicted molar refractivity (Wildman–Crippen MR) is 72.3 cm³/mol. The van der Waals surface area contributed by atoms with E-state index in [4.69, 9.17) is 0 Å². The van der Waals surface area contributed by atoms with E-state index in [0.29, 0.717) is 6.42 Å². The van der Waals surface area contributed by atoms with Crippen LogP contribution in [0.3, 0.4) is 0 Å². The topological polar surface area (TPSA) is 40.5 Å². The van der Waals surface area contributed by atoms with Crippen LogP contribution >= 0.6 is 0 Å². The zero-order chi connectivity index (χ0) is 12.8. The smallest absolute Gasteiger partial charge is 0.0796 e. The highest BCUT2D eigenvalue weighted by Crippen LogP contribution is 2.27. The third-order valence-electron chi connectivity index (χ3n) is 3.18. The van der Waals surface area contributed by atoms with Gasteiger partial charge in [0.05, 0.1) is 12.7 Å². The van der Waals surface area contributed by atoms with Crippen molar-refractivity contribution in [3.8, 4) is 0 Å². The maximum absolute atomic E-state index is 10.2. The normalized spacial score (nSPS) is 14.1. The summed E-state index contributed by atoms with van der Waals surface area (Å²) >= 11 is 0. The number of aliphatic hydroxyl groups excluding tert-OH is 2. The molecule has 2 aromatic carbocycles. The third-order valence-corrected chi connectivity index (χ3v) is 3.18. The Morgan fingerprint density at radius 2 is 1.28 bits per heavy atom. The lowest BCUT2D eigenvalue weighted by Crippen LogP contribution is -2.09. The summed E-state index contributed by atoms with van der Waals surface area (Å²) < 4.78 is 0. The van der Waals surface area contributed by atoms with Crippen LogP contribution < -0.4 is 0 Å². The SMILES string of the molecule is OCC(CC(O)c1ccccc1)c1ccccc1. The molecule has 0 saturated heterocycles. The fourth-order valence-electron chi connectivity index (χ4n) is 2.12.